The van der Waals surface area contributed by atoms with Crippen LogP contribution in [0.25, 0.3) is 0 Å². The summed E-state index contributed by atoms with van der Waals surface area (Å²) in [6.45, 7) is 1.26. The predicted molar refractivity (Wildman–Crippen MR) is 65.6 cm³/mol. The summed E-state index contributed by atoms with van der Waals surface area (Å²) in [6, 6.07) is 0. The Kier molecular flexibility index (Phi) is 8.49. The van der Waals surface area contributed by atoms with Gasteiger partial charge in [-0.05, 0) is 6.92 Å². The van der Waals surface area contributed by atoms with Gasteiger partial charge < -0.3 is 10.1 Å². The molecule has 0 unspecified atom stereocenters. The maximum atomic E-state index is 11.7. The van der Waals surface area contributed by atoms with Crippen LogP contribution in [0, 0.1) is 0 Å². The SMILES string of the molecule is CC(CBr)(CBr)NC(=O)CCOCC(F)F. The first-order valence-corrected chi connectivity index (χ1v) is 6.96. The first-order chi connectivity index (χ1) is 7.43. The summed E-state index contributed by atoms with van der Waals surface area (Å²) >= 11 is 6.57. The van der Waals surface area contributed by atoms with Gasteiger partial charge in [0, 0.05) is 17.1 Å². The van der Waals surface area contributed by atoms with Crippen molar-refractivity contribution < 1.29 is 18.3 Å². The van der Waals surface area contributed by atoms with Crippen molar-refractivity contribution in [3.8, 4) is 0 Å². The van der Waals surface area contributed by atoms with Gasteiger partial charge in [0.2, 0.25) is 5.91 Å². The third kappa shape index (κ3) is 7.51. The number of hydrogen-bond acceptors (Lipinski definition) is 2. The number of halogens is 4. The van der Waals surface area contributed by atoms with Crippen LogP contribution in [-0.2, 0) is 9.53 Å². The van der Waals surface area contributed by atoms with Gasteiger partial charge in [0.15, 0.2) is 0 Å². The third-order valence-corrected chi connectivity index (χ3v) is 4.22. The van der Waals surface area contributed by atoms with Crippen molar-refractivity contribution in [3.05, 3.63) is 0 Å². The number of nitrogens with one attached hydrogen (secondary N) is 1. The van der Waals surface area contributed by atoms with Gasteiger partial charge in [-0.1, -0.05) is 31.9 Å². The van der Waals surface area contributed by atoms with Crippen molar-refractivity contribution in [2.45, 2.75) is 25.3 Å². The van der Waals surface area contributed by atoms with Crippen LogP contribution in [0.5, 0.6) is 0 Å². The first kappa shape index (κ1) is 16.2. The van der Waals surface area contributed by atoms with E-state index in [1.807, 2.05) is 6.92 Å². The molecule has 0 atom stereocenters. The largest absolute Gasteiger partial charge is 0.375 e. The van der Waals surface area contributed by atoms with Gasteiger partial charge >= 0.3 is 0 Å². The van der Waals surface area contributed by atoms with E-state index in [4.69, 9.17) is 0 Å². The molecule has 0 saturated carbocycles. The van der Waals surface area contributed by atoms with Crippen LogP contribution >= 0.6 is 31.9 Å². The van der Waals surface area contributed by atoms with Gasteiger partial charge in [-0.15, -0.1) is 0 Å². The van der Waals surface area contributed by atoms with Crippen LogP contribution in [0.1, 0.15) is 13.3 Å². The molecule has 0 aromatic carbocycles. The minimum atomic E-state index is -2.49. The minimum Gasteiger partial charge on any atom is -0.375 e. The van der Waals surface area contributed by atoms with Crippen molar-refractivity contribution in [3.63, 3.8) is 0 Å². The van der Waals surface area contributed by atoms with Crippen LogP contribution in [0.3, 0.4) is 0 Å². The fraction of sp³-hybridized carbons (Fsp3) is 0.889. The average Bonchev–Trinajstić information content (AvgIpc) is 2.24. The summed E-state index contributed by atoms with van der Waals surface area (Å²) in [5.74, 6) is -0.212. The van der Waals surface area contributed by atoms with E-state index in [0.717, 1.165) is 0 Å². The number of hydrogen-bond donors (Lipinski definition) is 1. The zero-order chi connectivity index (χ0) is 12.6. The summed E-state index contributed by atoms with van der Waals surface area (Å²) in [7, 11) is 0. The van der Waals surface area contributed by atoms with Crippen LogP contribution in [0.2, 0.25) is 0 Å². The summed E-state index contributed by atoms with van der Waals surface area (Å²) in [5.41, 5.74) is -0.375. The Morgan fingerprint density at radius 3 is 2.44 bits per heavy atom. The molecule has 1 amide bonds. The molecule has 0 aliphatic carbocycles. The van der Waals surface area contributed by atoms with Gasteiger partial charge in [-0.25, -0.2) is 8.78 Å². The highest BCUT2D eigenvalue weighted by molar-refractivity contribution is 9.09. The summed E-state index contributed by atoms with van der Waals surface area (Å²) < 4.78 is 28.0. The van der Waals surface area contributed by atoms with Crippen LogP contribution < -0.4 is 5.32 Å². The number of carbonyl (C=O) groups excluding carboxylic acids is 1. The van der Waals surface area contributed by atoms with Crippen LogP contribution in [0.15, 0.2) is 0 Å². The lowest BCUT2D eigenvalue weighted by molar-refractivity contribution is -0.123. The second-order valence-electron chi connectivity index (χ2n) is 3.59. The van der Waals surface area contributed by atoms with Crippen LogP contribution in [0.4, 0.5) is 8.78 Å². The topological polar surface area (TPSA) is 38.3 Å². The van der Waals surface area contributed by atoms with E-state index in [0.29, 0.717) is 10.7 Å². The lowest BCUT2D eigenvalue weighted by Crippen LogP contribution is -2.49. The van der Waals surface area contributed by atoms with Gasteiger partial charge in [-0.2, -0.15) is 0 Å². The molecule has 0 aromatic rings. The molecule has 0 fully saturated rings. The number of carbonyl (C=O) groups is 1. The van der Waals surface area contributed by atoms with E-state index in [2.05, 4.69) is 41.9 Å². The third-order valence-electron chi connectivity index (χ3n) is 1.75. The summed E-state index contributed by atoms with van der Waals surface area (Å²) in [4.78, 5) is 11.4. The van der Waals surface area contributed by atoms with Gasteiger partial charge in [-0.3, -0.25) is 4.79 Å². The Labute approximate surface area is 111 Å². The van der Waals surface area contributed by atoms with Crippen molar-refractivity contribution in [2.24, 2.45) is 0 Å². The first-order valence-electron chi connectivity index (χ1n) is 4.72. The van der Waals surface area contributed by atoms with E-state index in [1.54, 1.807) is 0 Å². The fourth-order valence-corrected chi connectivity index (χ4v) is 2.05. The molecule has 7 heteroatoms. The molecule has 0 heterocycles. The van der Waals surface area contributed by atoms with Gasteiger partial charge in [0.1, 0.15) is 6.61 Å². The summed E-state index contributed by atoms with van der Waals surface area (Å²) in [6.07, 6.45) is -2.40. The number of rotatable bonds is 8. The second-order valence-corrected chi connectivity index (χ2v) is 4.71. The Bertz CT molecular complexity index is 214. The quantitative estimate of drug-likeness (QED) is 0.529. The van der Waals surface area contributed by atoms with Crippen molar-refractivity contribution in [1.82, 2.24) is 5.32 Å². The lowest BCUT2D eigenvalue weighted by atomic mass is 10.1. The number of amides is 1. The Morgan fingerprint density at radius 2 is 2.00 bits per heavy atom. The van der Waals surface area contributed by atoms with Gasteiger partial charge in [0.05, 0.1) is 12.1 Å². The van der Waals surface area contributed by atoms with E-state index in [-0.39, 0.29) is 24.5 Å². The molecule has 16 heavy (non-hydrogen) atoms. The zero-order valence-corrected chi connectivity index (χ0v) is 12.1. The molecule has 0 saturated heterocycles. The zero-order valence-electron chi connectivity index (χ0n) is 8.94. The molecule has 1 N–H and O–H groups in total. The molecule has 0 aromatic heterocycles. The van der Waals surface area contributed by atoms with E-state index < -0.39 is 13.0 Å². The van der Waals surface area contributed by atoms with Crippen molar-refractivity contribution in [1.29, 1.82) is 0 Å². The second kappa shape index (κ2) is 8.36. The smallest absolute Gasteiger partial charge is 0.261 e. The molecule has 3 nitrogen and oxygen atoms in total. The lowest BCUT2D eigenvalue weighted by Gasteiger charge is -2.26. The molecule has 0 spiro atoms. The molecule has 96 valence electrons. The monoisotopic (exact) mass is 365 g/mol. The van der Waals surface area contributed by atoms with Crippen molar-refractivity contribution >= 4 is 37.8 Å². The normalized spacial score (nSPS) is 11.9. The maximum absolute atomic E-state index is 11.7. The van der Waals surface area contributed by atoms with Crippen molar-refractivity contribution in [2.75, 3.05) is 23.9 Å². The number of alkyl halides is 4. The molecule has 0 rings (SSSR count). The Hall–Kier alpha value is 0.250. The molecular weight excluding hydrogens is 352 g/mol. The minimum absolute atomic E-state index is 0.0107. The summed E-state index contributed by atoms with van der Waals surface area (Å²) in [5, 5.41) is 3.99. The van der Waals surface area contributed by atoms with E-state index in [1.165, 1.54) is 0 Å². The van der Waals surface area contributed by atoms with E-state index >= 15 is 0 Å². The predicted octanol–water partition coefficient (Wildman–Crippen LogP) is 2.32. The highest BCUT2D eigenvalue weighted by atomic mass is 79.9. The standard InChI is InChI=1S/C9H15Br2F2NO2/c1-9(5-10,6-11)14-8(15)2-3-16-4-7(12)13/h7H,2-6H2,1H3,(H,14,15). The highest BCUT2D eigenvalue weighted by Gasteiger charge is 2.23. The number of ether oxygens (including phenoxy) is 1. The molecule has 0 aliphatic heterocycles. The fourth-order valence-electron chi connectivity index (χ4n) is 0.839. The van der Waals surface area contributed by atoms with Gasteiger partial charge in [0.25, 0.3) is 6.43 Å². The molecule has 0 aliphatic rings. The molecular formula is C9H15Br2F2NO2. The highest BCUT2D eigenvalue weighted by Crippen LogP contribution is 2.11. The van der Waals surface area contributed by atoms with Crippen LogP contribution in [-0.4, -0.2) is 41.7 Å². The average molecular weight is 367 g/mol. The Balaban J connectivity index is 3.73. The Morgan fingerprint density at radius 1 is 1.44 bits per heavy atom. The molecule has 0 radical (unpaired) electrons. The maximum Gasteiger partial charge on any atom is 0.261 e. The molecule has 0 bridgehead atoms. The van der Waals surface area contributed by atoms with E-state index in [9.17, 15) is 13.6 Å².